The monoisotopic (exact) mass is 519 g/mol. The third-order valence-corrected chi connectivity index (χ3v) is 8.03. The molecule has 1 amide bonds. The molecular formula is C31H41N3O4. The second-order valence-corrected chi connectivity index (χ2v) is 12.2. The predicted molar refractivity (Wildman–Crippen MR) is 148 cm³/mol. The van der Waals surface area contributed by atoms with E-state index in [1.807, 2.05) is 68.1 Å². The number of nitrogens with zero attached hydrogens (tertiary/aromatic N) is 3. The SMILES string of the molecule is CC(C)(C)OC(=O)N1CCC(CN2CC3CN(c4ccc(C(=O)OCc5ccccc5)cc4)CC3C2)CC1. The van der Waals surface area contributed by atoms with Crippen LogP contribution < -0.4 is 4.90 Å². The van der Waals surface area contributed by atoms with Crippen LogP contribution in [0.3, 0.4) is 0 Å². The first-order valence-electron chi connectivity index (χ1n) is 14.0. The van der Waals surface area contributed by atoms with Crippen LogP contribution in [0.4, 0.5) is 10.5 Å². The molecular weight excluding hydrogens is 478 g/mol. The number of carbonyl (C=O) groups excluding carboxylic acids is 2. The average molecular weight is 520 g/mol. The average Bonchev–Trinajstić information content (AvgIpc) is 3.46. The van der Waals surface area contributed by atoms with Gasteiger partial charge >= 0.3 is 12.1 Å². The standard InChI is InChI=1S/C31H41N3O4/c1-31(2,3)38-30(36)33-15-13-23(14-16-33)17-32-18-26-20-34(21-27(26)19-32)28-11-9-25(10-12-28)29(35)37-22-24-7-5-4-6-8-24/h4-12,23,26-27H,13-22H2,1-3H3. The Morgan fingerprint density at radius 2 is 1.50 bits per heavy atom. The van der Waals surface area contributed by atoms with Crippen LogP contribution in [0.5, 0.6) is 0 Å². The normalized spacial score (nSPS) is 22.4. The second-order valence-electron chi connectivity index (χ2n) is 12.2. The topological polar surface area (TPSA) is 62.3 Å². The Hall–Kier alpha value is -3.06. The minimum absolute atomic E-state index is 0.177. The molecule has 38 heavy (non-hydrogen) atoms. The van der Waals surface area contributed by atoms with Gasteiger partial charge in [-0.25, -0.2) is 9.59 Å². The summed E-state index contributed by atoms with van der Waals surface area (Å²) in [5.74, 6) is 1.74. The number of anilines is 1. The lowest BCUT2D eigenvalue weighted by molar-refractivity contribution is 0.0171. The number of carbonyl (C=O) groups is 2. The van der Waals surface area contributed by atoms with Gasteiger partial charge in [0.15, 0.2) is 0 Å². The molecule has 0 radical (unpaired) electrons. The highest BCUT2D eigenvalue weighted by molar-refractivity contribution is 5.89. The zero-order chi connectivity index (χ0) is 26.7. The smallest absolute Gasteiger partial charge is 0.410 e. The van der Waals surface area contributed by atoms with Gasteiger partial charge < -0.3 is 24.2 Å². The number of esters is 1. The molecule has 7 heteroatoms. The summed E-state index contributed by atoms with van der Waals surface area (Å²) in [5.41, 5.74) is 2.32. The molecule has 2 aromatic carbocycles. The van der Waals surface area contributed by atoms with Crippen molar-refractivity contribution in [1.29, 1.82) is 0 Å². The van der Waals surface area contributed by atoms with E-state index >= 15 is 0 Å². The molecule has 0 saturated carbocycles. The maximum atomic E-state index is 12.4. The van der Waals surface area contributed by atoms with Crippen molar-refractivity contribution in [2.45, 2.75) is 45.8 Å². The maximum Gasteiger partial charge on any atom is 0.410 e. The third kappa shape index (κ3) is 6.68. The number of hydrogen-bond acceptors (Lipinski definition) is 6. The predicted octanol–water partition coefficient (Wildman–Crippen LogP) is 5.06. The van der Waals surface area contributed by atoms with Crippen molar-refractivity contribution in [2.24, 2.45) is 17.8 Å². The van der Waals surface area contributed by atoms with Crippen molar-refractivity contribution in [2.75, 3.05) is 50.7 Å². The zero-order valence-electron chi connectivity index (χ0n) is 23.0. The molecule has 0 aromatic heterocycles. The molecule has 0 bridgehead atoms. The Bertz CT molecular complexity index is 1080. The first-order chi connectivity index (χ1) is 18.2. The summed E-state index contributed by atoms with van der Waals surface area (Å²) >= 11 is 0. The van der Waals surface area contributed by atoms with Gasteiger partial charge in [0, 0.05) is 51.5 Å². The van der Waals surface area contributed by atoms with Gasteiger partial charge in [0.2, 0.25) is 0 Å². The highest BCUT2D eigenvalue weighted by Gasteiger charge is 2.40. The summed E-state index contributed by atoms with van der Waals surface area (Å²) in [6, 6.07) is 17.6. The number of fused-ring (bicyclic) bond motifs is 1. The van der Waals surface area contributed by atoms with E-state index < -0.39 is 5.60 Å². The largest absolute Gasteiger partial charge is 0.457 e. The van der Waals surface area contributed by atoms with Crippen LogP contribution in [0.1, 0.15) is 49.5 Å². The van der Waals surface area contributed by atoms with Crippen LogP contribution in [0.2, 0.25) is 0 Å². The minimum Gasteiger partial charge on any atom is -0.457 e. The quantitative estimate of drug-likeness (QED) is 0.498. The summed E-state index contributed by atoms with van der Waals surface area (Å²) in [7, 11) is 0. The molecule has 0 spiro atoms. The van der Waals surface area contributed by atoms with Crippen molar-refractivity contribution < 1.29 is 19.1 Å². The number of piperidine rings is 1. The van der Waals surface area contributed by atoms with Gasteiger partial charge in [-0.2, -0.15) is 0 Å². The van der Waals surface area contributed by atoms with Crippen LogP contribution in [0, 0.1) is 17.8 Å². The van der Waals surface area contributed by atoms with E-state index in [1.54, 1.807) is 0 Å². The number of hydrogen-bond donors (Lipinski definition) is 0. The lowest BCUT2D eigenvalue weighted by Gasteiger charge is -2.35. The fourth-order valence-electron chi connectivity index (χ4n) is 6.05. The van der Waals surface area contributed by atoms with Gasteiger partial charge in [0.1, 0.15) is 12.2 Å². The van der Waals surface area contributed by atoms with Crippen LogP contribution in [-0.4, -0.2) is 73.3 Å². The Balaban J connectivity index is 1.04. The minimum atomic E-state index is -0.439. The summed E-state index contributed by atoms with van der Waals surface area (Å²) in [5, 5.41) is 0. The van der Waals surface area contributed by atoms with Crippen LogP contribution in [0.25, 0.3) is 0 Å². The van der Waals surface area contributed by atoms with E-state index in [1.165, 1.54) is 5.69 Å². The molecule has 3 saturated heterocycles. The maximum absolute atomic E-state index is 12.4. The van der Waals surface area contributed by atoms with Crippen molar-refractivity contribution in [3.8, 4) is 0 Å². The van der Waals surface area contributed by atoms with Gasteiger partial charge in [0.05, 0.1) is 5.56 Å². The molecule has 5 rings (SSSR count). The molecule has 204 valence electrons. The molecule has 0 aliphatic carbocycles. The molecule has 3 heterocycles. The first-order valence-corrected chi connectivity index (χ1v) is 14.0. The first kappa shape index (κ1) is 26.5. The summed E-state index contributed by atoms with van der Waals surface area (Å²) < 4.78 is 11.0. The molecule has 3 aliphatic heterocycles. The summed E-state index contributed by atoms with van der Waals surface area (Å²) in [6.07, 6.45) is 1.93. The molecule has 3 fully saturated rings. The summed E-state index contributed by atoms with van der Waals surface area (Å²) in [6.45, 7) is 13.2. The zero-order valence-corrected chi connectivity index (χ0v) is 23.0. The third-order valence-electron chi connectivity index (χ3n) is 8.03. The molecule has 2 aromatic rings. The molecule has 2 atom stereocenters. The number of benzene rings is 2. The van der Waals surface area contributed by atoms with Gasteiger partial charge in [0.25, 0.3) is 0 Å². The van der Waals surface area contributed by atoms with Crippen molar-refractivity contribution in [1.82, 2.24) is 9.80 Å². The number of amides is 1. The Labute approximate surface area is 226 Å². The van der Waals surface area contributed by atoms with Crippen LogP contribution >= 0.6 is 0 Å². The Morgan fingerprint density at radius 1 is 0.868 bits per heavy atom. The Kier molecular flexibility index (Phi) is 7.93. The van der Waals surface area contributed by atoms with Gasteiger partial charge in [-0.3, -0.25) is 0 Å². The van der Waals surface area contributed by atoms with E-state index in [4.69, 9.17) is 9.47 Å². The molecule has 0 N–H and O–H groups in total. The van der Waals surface area contributed by atoms with E-state index in [-0.39, 0.29) is 18.7 Å². The summed E-state index contributed by atoms with van der Waals surface area (Å²) in [4.78, 5) is 31.8. The highest BCUT2D eigenvalue weighted by Crippen LogP contribution is 2.35. The molecule has 2 unspecified atom stereocenters. The molecule has 3 aliphatic rings. The van der Waals surface area contributed by atoms with Crippen LogP contribution in [0.15, 0.2) is 54.6 Å². The lowest BCUT2D eigenvalue weighted by Crippen LogP contribution is -2.43. The fourth-order valence-corrected chi connectivity index (χ4v) is 6.05. The van der Waals surface area contributed by atoms with Gasteiger partial charge in [-0.15, -0.1) is 0 Å². The van der Waals surface area contributed by atoms with Crippen molar-refractivity contribution in [3.63, 3.8) is 0 Å². The highest BCUT2D eigenvalue weighted by atomic mass is 16.6. The van der Waals surface area contributed by atoms with E-state index in [0.717, 1.165) is 64.2 Å². The molecule has 7 nitrogen and oxygen atoms in total. The lowest BCUT2D eigenvalue weighted by atomic mass is 9.96. The van der Waals surface area contributed by atoms with E-state index in [9.17, 15) is 9.59 Å². The van der Waals surface area contributed by atoms with Crippen molar-refractivity contribution >= 4 is 17.7 Å². The van der Waals surface area contributed by atoms with Gasteiger partial charge in [-0.05, 0) is 81.2 Å². The number of likely N-dealkylation sites (tertiary alicyclic amines) is 2. The van der Waals surface area contributed by atoms with Crippen LogP contribution in [-0.2, 0) is 16.1 Å². The Morgan fingerprint density at radius 3 is 2.11 bits per heavy atom. The van der Waals surface area contributed by atoms with E-state index in [0.29, 0.717) is 23.3 Å². The number of ether oxygens (including phenoxy) is 2. The van der Waals surface area contributed by atoms with Gasteiger partial charge in [-0.1, -0.05) is 30.3 Å². The second kappa shape index (κ2) is 11.4. The van der Waals surface area contributed by atoms with E-state index in [2.05, 4.69) is 21.9 Å². The fraction of sp³-hybridized carbons (Fsp3) is 0.548. The van der Waals surface area contributed by atoms with Crippen molar-refractivity contribution in [3.05, 3.63) is 65.7 Å². The number of rotatable bonds is 6.